The molecule has 2 rings (SSSR count). The van der Waals surface area contributed by atoms with Gasteiger partial charge in [-0.2, -0.15) is 0 Å². The predicted octanol–water partition coefficient (Wildman–Crippen LogP) is 0.982. The summed E-state index contributed by atoms with van der Waals surface area (Å²) in [6.07, 6.45) is 1.86. The molecule has 0 saturated carbocycles. The number of nitrogens with zero attached hydrogens (tertiary/aromatic N) is 4. The van der Waals surface area contributed by atoms with Gasteiger partial charge in [0.05, 0.1) is 17.2 Å². The number of aromatic nitrogens is 4. The zero-order chi connectivity index (χ0) is 10.1. The van der Waals surface area contributed by atoms with Crippen molar-refractivity contribution >= 4 is 17.2 Å². The van der Waals surface area contributed by atoms with Crippen molar-refractivity contribution in [3.05, 3.63) is 21.8 Å². The second kappa shape index (κ2) is 3.38. The maximum atomic E-state index is 5.59. The van der Waals surface area contributed by atoms with Crippen LogP contribution in [0.3, 0.4) is 0 Å². The molecule has 0 atom stereocenters. The number of anilines is 1. The fraction of sp³-hybridized carbons (Fsp3) is 0.375. The zero-order valence-corrected chi connectivity index (χ0v) is 8.88. The molecule has 5 nitrogen and oxygen atoms in total. The van der Waals surface area contributed by atoms with Gasteiger partial charge in [-0.05, 0) is 13.8 Å². The van der Waals surface area contributed by atoms with Crippen LogP contribution in [-0.4, -0.2) is 20.0 Å². The van der Waals surface area contributed by atoms with Gasteiger partial charge in [0.25, 0.3) is 0 Å². The van der Waals surface area contributed by atoms with Gasteiger partial charge in [0.1, 0.15) is 0 Å². The van der Waals surface area contributed by atoms with Crippen LogP contribution in [0.1, 0.15) is 15.6 Å². The lowest BCUT2D eigenvalue weighted by Gasteiger charge is -1.98. The third-order valence-electron chi connectivity index (χ3n) is 1.99. The Labute approximate surface area is 85.6 Å². The average molecular weight is 209 g/mol. The Morgan fingerprint density at radius 1 is 1.50 bits per heavy atom. The predicted molar refractivity (Wildman–Crippen MR) is 55.1 cm³/mol. The van der Waals surface area contributed by atoms with E-state index in [0.717, 1.165) is 15.6 Å². The van der Waals surface area contributed by atoms with Crippen molar-refractivity contribution in [3.63, 3.8) is 0 Å². The molecule has 2 heterocycles. The highest BCUT2D eigenvalue weighted by atomic mass is 32.1. The molecular formula is C8H11N5S. The van der Waals surface area contributed by atoms with Crippen molar-refractivity contribution in [1.82, 2.24) is 20.0 Å². The SMILES string of the molecule is Cc1ncc(Cn2nnc(N)c2C)s1. The standard InChI is InChI=1S/C8H11N5S/c1-5-8(9)11-12-13(5)4-7-3-10-6(2)14-7/h3H,4,9H2,1-2H3. The van der Waals surface area contributed by atoms with Gasteiger partial charge in [0, 0.05) is 11.1 Å². The highest BCUT2D eigenvalue weighted by Crippen LogP contribution is 2.14. The average Bonchev–Trinajstić information content (AvgIpc) is 2.67. The minimum Gasteiger partial charge on any atom is -0.381 e. The molecule has 2 N–H and O–H groups in total. The monoisotopic (exact) mass is 209 g/mol. The lowest BCUT2D eigenvalue weighted by atomic mass is 10.4. The van der Waals surface area contributed by atoms with Gasteiger partial charge in [0.2, 0.25) is 0 Å². The summed E-state index contributed by atoms with van der Waals surface area (Å²) in [4.78, 5) is 5.34. The molecule has 0 aliphatic heterocycles. The molecule has 0 aliphatic carbocycles. The second-order valence-electron chi connectivity index (χ2n) is 3.06. The van der Waals surface area contributed by atoms with E-state index in [2.05, 4.69) is 15.3 Å². The molecule has 0 bridgehead atoms. The highest BCUT2D eigenvalue weighted by Gasteiger charge is 2.06. The van der Waals surface area contributed by atoms with E-state index in [1.54, 1.807) is 16.0 Å². The van der Waals surface area contributed by atoms with E-state index < -0.39 is 0 Å². The summed E-state index contributed by atoms with van der Waals surface area (Å²) in [5.41, 5.74) is 6.49. The molecule has 0 saturated heterocycles. The summed E-state index contributed by atoms with van der Waals surface area (Å²) in [5.74, 6) is 0.492. The van der Waals surface area contributed by atoms with Crippen LogP contribution in [0.2, 0.25) is 0 Å². The Hall–Kier alpha value is -1.43. The Balaban J connectivity index is 2.22. The Morgan fingerprint density at radius 2 is 2.29 bits per heavy atom. The van der Waals surface area contributed by atoms with Crippen molar-refractivity contribution in [1.29, 1.82) is 0 Å². The molecule has 0 fully saturated rings. The maximum absolute atomic E-state index is 5.59. The first-order valence-corrected chi connectivity index (χ1v) is 5.05. The van der Waals surface area contributed by atoms with Crippen LogP contribution in [0.25, 0.3) is 0 Å². The lowest BCUT2D eigenvalue weighted by Crippen LogP contribution is -2.02. The lowest BCUT2D eigenvalue weighted by molar-refractivity contribution is 0.638. The van der Waals surface area contributed by atoms with Gasteiger partial charge in [-0.3, -0.25) is 0 Å². The topological polar surface area (TPSA) is 69.6 Å². The van der Waals surface area contributed by atoms with E-state index in [0.29, 0.717) is 12.4 Å². The fourth-order valence-electron chi connectivity index (χ4n) is 1.15. The number of hydrogen-bond acceptors (Lipinski definition) is 5. The van der Waals surface area contributed by atoms with Crippen LogP contribution in [0.4, 0.5) is 5.82 Å². The van der Waals surface area contributed by atoms with Gasteiger partial charge in [-0.15, -0.1) is 16.4 Å². The summed E-state index contributed by atoms with van der Waals surface area (Å²) >= 11 is 1.66. The molecule has 0 aliphatic rings. The first kappa shape index (κ1) is 9.14. The molecule has 74 valence electrons. The molecule has 0 aromatic carbocycles. The van der Waals surface area contributed by atoms with E-state index in [9.17, 15) is 0 Å². The summed E-state index contributed by atoms with van der Waals surface area (Å²) in [5, 5.41) is 8.80. The molecule has 0 radical (unpaired) electrons. The van der Waals surface area contributed by atoms with Gasteiger partial charge >= 0.3 is 0 Å². The highest BCUT2D eigenvalue weighted by molar-refractivity contribution is 7.11. The zero-order valence-electron chi connectivity index (χ0n) is 8.06. The summed E-state index contributed by atoms with van der Waals surface area (Å²) < 4.78 is 1.78. The van der Waals surface area contributed by atoms with Crippen LogP contribution < -0.4 is 5.73 Å². The number of rotatable bonds is 2. The van der Waals surface area contributed by atoms with E-state index in [-0.39, 0.29) is 0 Å². The van der Waals surface area contributed by atoms with Crippen molar-refractivity contribution in [2.45, 2.75) is 20.4 Å². The van der Waals surface area contributed by atoms with E-state index >= 15 is 0 Å². The third-order valence-corrected chi connectivity index (χ3v) is 2.89. The quantitative estimate of drug-likeness (QED) is 0.800. The van der Waals surface area contributed by atoms with Crippen molar-refractivity contribution in [3.8, 4) is 0 Å². The van der Waals surface area contributed by atoms with Crippen molar-refractivity contribution < 1.29 is 0 Å². The number of aryl methyl sites for hydroxylation is 1. The molecule has 2 aromatic heterocycles. The van der Waals surface area contributed by atoms with E-state index in [1.165, 1.54) is 0 Å². The molecule has 0 spiro atoms. The molecule has 0 unspecified atom stereocenters. The molecule has 14 heavy (non-hydrogen) atoms. The van der Waals surface area contributed by atoms with Crippen LogP contribution in [0.15, 0.2) is 6.20 Å². The van der Waals surface area contributed by atoms with Gasteiger partial charge < -0.3 is 5.73 Å². The summed E-state index contributed by atoms with van der Waals surface area (Å²) in [6.45, 7) is 4.58. The van der Waals surface area contributed by atoms with Gasteiger partial charge in [-0.25, -0.2) is 9.67 Å². The van der Waals surface area contributed by atoms with Crippen LogP contribution in [0.5, 0.6) is 0 Å². The Kier molecular flexibility index (Phi) is 2.20. The smallest absolute Gasteiger partial charge is 0.168 e. The van der Waals surface area contributed by atoms with Crippen LogP contribution in [-0.2, 0) is 6.54 Å². The summed E-state index contributed by atoms with van der Waals surface area (Å²) in [6, 6.07) is 0. The fourth-order valence-corrected chi connectivity index (χ4v) is 1.93. The Morgan fingerprint density at radius 3 is 2.79 bits per heavy atom. The van der Waals surface area contributed by atoms with E-state index in [4.69, 9.17) is 5.73 Å². The second-order valence-corrected chi connectivity index (χ2v) is 4.38. The molecule has 0 amide bonds. The summed E-state index contributed by atoms with van der Waals surface area (Å²) in [7, 11) is 0. The first-order valence-electron chi connectivity index (χ1n) is 4.23. The molecule has 6 heteroatoms. The minimum atomic E-state index is 0.492. The van der Waals surface area contributed by atoms with E-state index in [1.807, 2.05) is 20.0 Å². The number of hydrogen-bond donors (Lipinski definition) is 1. The van der Waals surface area contributed by atoms with Crippen LogP contribution >= 0.6 is 11.3 Å². The first-order chi connectivity index (χ1) is 6.66. The third kappa shape index (κ3) is 1.60. The number of nitrogens with two attached hydrogens (primary N) is 1. The minimum absolute atomic E-state index is 0.492. The van der Waals surface area contributed by atoms with Gasteiger partial charge in [0.15, 0.2) is 5.82 Å². The van der Waals surface area contributed by atoms with Gasteiger partial charge in [-0.1, -0.05) is 5.21 Å². The largest absolute Gasteiger partial charge is 0.381 e. The van der Waals surface area contributed by atoms with Crippen LogP contribution in [0, 0.1) is 13.8 Å². The normalized spacial score (nSPS) is 10.7. The molecular weight excluding hydrogens is 198 g/mol. The van der Waals surface area contributed by atoms with Crippen molar-refractivity contribution in [2.75, 3.05) is 5.73 Å². The maximum Gasteiger partial charge on any atom is 0.168 e. The Bertz CT molecular complexity index is 444. The number of nitrogen functional groups attached to an aromatic ring is 1. The molecule has 2 aromatic rings. The van der Waals surface area contributed by atoms with Crippen molar-refractivity contribution in [2.24, 2.45) is 0 Å². The number of thiazole rings is 1.